The van der Waals surface area contributed by atoms with E-state index in [-0.39, 0.29) is 29.0 Å². The third-order valence-electron chi connectivity index (χ3n) is 5.65. The molecule has 1 fully saturated rings. The van der Waals surface area contributed by atoms with Crippen molar-refractivity contribution in [1.82, 2.24) is 9.21 Å². The Kier molecular flexibility index (Phi) is 5.66. The van der Waals surface area contributed by atoms with Crippen molar-refractivity contribution < 1.29 is 22.4 Å². The summed E-state index contributed by atoms with van der Waals surface area (Å²) in [6.45, 7) is 1.48. The van der Waals surface area contributed by atoms with E-state index in [1.807, 2.05) is 0 Å². The Morgan fingerprint density at radius 2 is 1.87 bits per heavy atom. The molecule has 0 saturated carbocycles. The van der Waals surface area contributed by atoms with E-state index in [2.05, 4.69) is 0 Å². The largest absolute Gasteiger partial charge is 0.459 e. The van der Waals surface area contributed by atoms with Crippen LogP contribution in [0.1, 0.15) is 35.4 Å². The fourth-order valence-electron chi connectivity index (χ4n) is 4.00. The van der Waals surface area contributed by atoms with Crippen LogP contribution in [-0.4, -0.2) is 62.7 Å². The number of hydrogen-bond acceptors (Lipinski definition) is 5. The molecule has 0 unspecified atom stereocenters. The SMILES string of the molecule is CN(CC(=O)N1CCc2cc(S(=O)(=O)N3CCCCC3)ccc21)C(=O)c1ccco1. The number of anilines is 1. The lowest BCUT2D eigenvalue weighted by Gasteiger charge is -2.26. The molecule has 0 radical (unpaired) electrons. The summed E-state index contributed by atoms with van der Waals surface area (Å²) in [5, 5.41) is 0. The summed E-state index contributed by atoms with van der Waals surface area (Å²) < 4.78 is 32.5. The molecule has 160 valence electrons. The summed E-state index contributed by atoms with van der Waals surface area (Å²) in [5.41, 5.74) is 1.54. The van der Waals surface area contributed by atoms with Crippen molar-refractivity contribution in [3.8, 4) is 0 Å². The number of furan rings is 1. The molecule has 0 atom stereocenters. The van der Waals surface area contributed by atoms with Gasteiger partial charge in [-0.15, -0.1) is 0 Å². The van der Waals surface area contributed by atoms with Crippen LogP contribution in [0.5, 0.6) is 0 Å². The monoisotopic (exact) mass is 431 g/mol. The fraction of sp³-hybridized carbons (Fsp3) is 0.429. The first kappa shape index (κ1) is 20.6. The van der Waals surface area contributed by atoms with Gasteiger partial charge in [-0.3, -0.25) is 9.59 Å². The van der Waals surface area contributed by atoms with Crippen LogP contribution in [0.2, 0.25) is 0 Å². The predicted molar refractivity (Wildman–Crippen MR) is 111 cm³/mol. The lowest BCUT2D eigenvalue weighted by molar-refractivity contribution is -0.119. The molecule has 1 aromatic carbocycles. The van der Waals surface area contributed by atoms with Gasteiger partial charge in [-0.05, 0) is 55.2 Å². The van der Waals surface area contributed by atoms with Crippen LogP contribution in [0.3, 0.4) is 0 Å². The average Bonchev–Trinajstić information content (AvgIpc) is 3.43. The minimum Gasteiger partial charge on any atom is -0.459 e. The maximum absolute atomic E-state index is 12.9. The van der Waals surface area contributed by atoms with Gasteiger partial charge in [-0.25, -0.2) is 8.42 Å². The summed E-state index contributed by atoms with van der Waals surface area (Å²) in [5.74, 6) is -0.404. The molecule has 0 bridgehead atoms. The number of carbonyl (C=O) groups is 2. The molecule has 0 spiro atoms. The van der Waals surface area contributed by atoms with Gasteiger partial charge in [0.05, 0.1) is 11.2 Å². The molecule has 3 heterocycles. The third-order valence-corrected chi connectivity index (χ3v) is 7.55. The van der Waals surface area contributed by atoms with Crippen molar-refractivity contribution in [3.05, 3.63) is 47.9 Å². The van der Waals surface area contributed by atoms with Crippen molar-refractivity contribution in [2.24, 2.45) is 0 Å². The highest BCUT2D eigenvalue weighted by Crippen LogP contribution is 2.32. The molecule has 2 amide bonds. The normalized spacial score (nSPS) is 17.0. The van der Waals surface area contributed by atoms with E-state index in [9.17, 15) is 18.0 Å². The van der Waals surface area contributed by atoms with Crippen LogP contribution >= 0.6 is 0 Å². The van der Waals surface area contributed by atoms with Crippen LogP contribution in [-0.2, 0) is 21.2 Å². The highest BCUT2D eigenvalue weighted by atomic mass is 32.2. The summed E-state index contributed by atoms with van der Waals surface area (Å²) in [6, 6.07) is 8.13. The van der Waals surface area contributed by atoms with E-state index in [0.29, 0.717) is 31.7 Å². The Balaban J connectivity index is 1.48. The Hall–Kier alpha value is -2.65. The molecule has 2 aromatic rings. The Bertz CT molecular complexity index is 1040. The number of piperidine rings is 1. The Morgan fingerprint density at radius 3 is 2.57 bits per heavy atom. The van der Waals surface area contributed by atoms with Crippen LogP contribution in [0.25, 0.3) is 0 Å². The zero-order valence-corrected chi connectivity index (χ0v) is 17.7. The van der Waals surface area contributed by atoms with Crippen LogP contribution in [0, 0.1) is 0 Å². The topological polar surface area (TPSA) is 91.1 Å². The first-order valence-electron chi connectivity index (χ1n) is 10.1. The van der Waals surface area contributed by atoms with Gasteiger partial charge in [0.1, 0.15) is 6.54 Å². The van der Waals surface area contributed by atoms with E-state index in [4.69, 9.17) is 4.42 Å². The first-order valence-corrected chi connectivity index (χ1v) is 11.5. The predicted octanol–water partition coefficient (Wildman–Crippen LogP) is 2.12. The molecule has 30 heavy (non-hydrogen) atoms. The minimum atomic E-state index is -3.51. The van der Waals surface area contributed by atoms with Crippen molar-refractivity contribution in [1.29, 1.82) is 0 Å². The number of benzene rings is 1. The number of nitrogens with zero attached hydrogens (tertiary/aromatic N) is 3. The lowest BCUT2D eigenvalue weighted by Crippen LogP contribution is -2.40. The molecular formula is C21H25N3O5S. The van der Waals surface area contributed by atoms with Crippen LogP contribution in [0.4, 0.5) is 5.69 Å². The molecular weight excluding hydrogens is 406 g/mol. The number of fused-ring (bicyclic) bond motifs is 1. The number of sulfonamides is 1. The summed E-state index contributed by atoms with van der Waals surface area (Å²) in [4.78, 5) is 28.3. The van der Waals surface area contributed by atoms with E-state index in [0.717, 1.165) is 24.8 Å². The molecule has 4 rings (SSSR count). The van der Waals surface area contributed by atoms with E-state index in [1.165, 1.54) is 11.2 Å². The van der Waals surface area contributed by atoms with Crippen molar-refractivity contribution in [3.63, 3.8) is 0 Å². The fourth-order valence-corrected chi connectivity index (χ4v) is 5.57. The Labute approximate surface area is 176 Å². The molecule has 0 N–H and O–H groups in total. The number of likely N-dealkylation sites (N-methyl/N-ethyl adjacent to an activating group) is 1. The zero-order chi connectivity index (χ0) is 21.3. The molecule has 9 heteroatoms. The quantitative estimate of drug-likeness (QED) is 0.723. The van der Waals surface area contributed by atoms with E-state index in [1.54, 1.807) is 46.6 Å². The highest BCUT2D eigenvalue weighted by molar-refractivity contribution is 7.89. The van der Waals surface area contributed by atoms with Gasteiger partial charge in [0, 0.05) is 32.4 Å². The molecule has 2 aliphatic heterocycles. The van der Waals surface area contributed by atoms with Gasteiger partial charge in [0.25, 0.3) is 5.91 Å². The van der Waals surface area contributed by atoms with Gasteiger partial charge >= 0.3 is 0 Å². The van der Waals surface area contributed by atoms with Gasteiger partial charge < -0.3 is 14.2 Å². The maximum Gasteiger partial charge on any atom is 0.289 e. The first-order chi connectivity index (χ1) is 14.4. The van der Waals surface area contributed by atoms with Crippen molar-refractivity contribution >= 4 is 27.5 Å². The molecule has 8 nitrogen and oxygen atoms in total. The van der Waals surface area contributed by atoms with Gasteiger partial charge in [-0.1, -0.05) is 6.42 Å². The Morgan fingerprint density at radius 1 is 1.10 bits per heavy atom. The van der Waals surface area contributed by atoms with Crippen molar-refractivity contribution in [2.75, 3.05) is 38.1 Å². The summed E-state index contributed by atoms with van der Waals surface area (Å²) in [6.07, 6.45) is 4.83. The third kappa shape index (κ3) is 3.87. The second-order valence-electron chi connectivity index (χ2n) is 7.69. The molecule has 1 saturated heterocycles. The highest BCUT2D eigenvalue weighted by Gasteiger charge is 2.31. The van der Waals surface area contributed by atoms with Crippen LogP contribution in [0.15, 0.2) is 45.9 Å². The van der Waals surface area contributed by atoms with E-state index >= 15 is 0 Å². The summed E-state index contributed by atoms with van der Waals surface area (Å²) >= 11 is 0. The van der Waals surface area contributed by atoms with Crippen LogP contribution < -0.4 is 4.90 Å². The average molecular weight is 432 g/mol. The minimum absolute atomic E-state index is 0.0905. The zero-order valence-electron chi connectivity index (χ0n) is 16.9. The number of rotatable bonds is 5. The van der Waals surface area contributed by atoms with Crippen molar-refractivity contribution in [2.45, 2.75) is 30.6 Å². The lowest BCUT2D eigenvalue weighted by atomic mass is 10.2. The molecule has 1 aromatic heterocycles. The second-order valence-corrected chi connectivity index (χ2v) is 9.63. The number of carbonyl (C=O) groups excluding carboxylic acids is 2. The molecule has 2 aliphatic rings. The molecule has 0 aliphatic carbocycles. The number of amides is 2. The summed E-state index contributed by atoms with van der Waals surface area (Å²) in [7, 11) is -1.96. The van der Waals surface area contributed by atoms with Gasteiger partial charge in [0.2, 0.25) is 15.9 Å². The number of hydrogen-bond donors (Lipinski definition) is 0. The van der Waals surface area contributed by atoms with Gasteiger partial charge in [0.15, 0.2) is 5.76 Å². The van der Waals surface area contributed by atoms with E-state index < -0.39 is 10.0 Å². The smallest absolute Gasteiger partial charge is 0.289 e. The second kappa shape index (κ2) is 8.23. The standard InChI is InChI=1S/C21H25N3O5S/c1-22(21(26)19-6-5-13-29-19)15-20(25)24-12-9-16-14-17(7-8-18(16)24)30(27,28)23-10-3-2-4-11-23/h5-8,13-14H,2-4,9-12,15H2,1H3. The maximum atomic E-state index is 12.9. The van der Waals surface area contributed by atoms with Gasteiger partial charge in [-0.2, -0.15) is 4.31 Å².